The average Bonchev–Trinajstić information content (AvgIpc) is 2.68. The van der Waals surface area contributed by atoms with E-state index in [1.807, 2.05) is 60.7 Å². The molecule has 0 radical (unpaired) electrons. The van der Waals surface area contributed by atoms with Crippen molar-refractivity contribution in [1.29, 1.82) is 0 Å². The van der Waals surface area contributed by atoms with Gasteiger partial charge in [-0.1, -0.05) is 49.7 Å². The van der Waals surface area contributed by atoms with Gasteiger partial charge in [0.15, 0.2) is 0 Å². The van der Waals surface area contributed by atoms with Crippen LogP contribution < -0.4 is 16.0 Å². The first kappa shape index (κ1) is 19.4. The summed E-state index contributed by atoms with van der Waals surface area (Å²) in [5.41, 5.74) is 3.44. The van der Waals surface area contributed by atoms with Crippen LogP contribution in [0.3, 0.4) is 0 Å². The largest absolute Gasteiger partial charge is 0.354 e. The van der Waals surface area contributed by atoms with Crippen molar-refractivity contribution in [3.8, 4) is 11.3 Å². The lowest BCUT2D eigenvalue weighted by Gasteiger charge is -2.12. The van der Waals surface area contributed by atoms with Crippen LogP contribution in [0.1, 0.15) is 26.7 Å². The van der Waals surface area contributed by atoms with Crippen molar-refractivity contribution in [1.82, 2.24) is 9.97 Å². The Kier molecular flexibility index (Phi) is 6.57. The van der Waals surface area contributed by atoms with Crippen LogP contribution in [0.15, 0.2) is 60.7 Å². The standard InChI is InChI=1S/C22H25N5O/c1-3-4-13-23-22-26-20(17-9-6-5-7-10-17)15-21(27-22)25-19-12-8-11-18(14-19)24-16(2)28/h5-12,14-15H,3-4,13H2,1-2H3,(H,24,28)(H2,23,25,26,27). The molecule has 0 aliphatic carbocycles. The van der Waals surface area contributed by atoms with Crippen LogP contribution in [0.2, 0.25) is 0 Å². The number of carbonyl (C=O) groups is 1. The van der Waals surface area contributed by atoms with Gasteiger partial charge in [-0.25, -0.2) is 4.98 Å². The van der Waals surface area contributed by atoms with E-state index >= 15 is 0 Å². The number of hydrogen-bond donors (Lipinski definition) is 3. The van der Waals surface area contributed by atoms with Gasteiger partial charge < -0.3 is 16.0 Å². The Balaban J connectivity index is 1.88. The van der Waals surface area contributed by atoms with Crippen molar-refractivity contribution in [3.63, 3.8) is 0 Å². The molecule has 2 aromatic carbocycles. The van der Waals surface area contributed by atoms with E-state index in [0.29, 0.717) is 11.8 Å². The van der Waals surface area contributed by atoms with Gasteiger partial charge in [0, 0.05) is 36.5 Å². The third-order valence-corrected chi connectivity index (χ3v) is 4.06. The summed E-state index contributed by atoms with van der Waals surface area (Å²) in [6, 6.07) is 19.5. The van der Waals surface area contributed by atoms with Gasteiger partial charge in [-0.05, 0) is 24.6 Å². The second-order valence-corrected chi connectivity index (χ2v) is 6.50. The Morgan fingerprint density at radius 1 is 0.964 bits per heavy atom. The maximum atomic E-state index is 11.3. The number of carbonyl (C=O) groups excluding carboxylic acids is 1. The third kappa shape index (κ3) is 5.54. The molecule has 0 unspecified atom stereocenters. The normalized spacial score (nSPS) is 10.4. The maximum Gasteiger partial charge on any atom is 0.225 e. The molecule has 0 saturated carbocycles. The molecule has 0 fully saturated rings. The fraction of sp³-hybridized carbons (Fsp3) is 0.227. The number of rotatable bonds is 8. The Morgan fingerprint density at radius 3 is 2.50 bits per heavy atom. The summed E-state index contributed by atoms with van der Waals surface area (Å²) in [7, 11) is 0. The van der Waals surface area contributed by atoms with E-state index in [1.165, 1.54) is 6.92 Å². The predicted molar refractivity (Wildman–Crippen MR) is 115 cm³/mol. The van der Waals surface area contributed by atoms with Gasteiger partial charge in [0.1, 0.15) is 5.82 Å². The molecule has 0 saturated heterocycles. The lowest BCUT2D eigenvalue weighted by atomic mass is 10.1. The molecular formula is C22H25N5O. The molecule has 0 aliphatic heterocycles. The fourth-order valence-corrected chi connectivity index (χ4v) is 2.75. The monoisotopic (exact) mass is 375 g/mol. The molecular weight excluding hydrogens is 350 g/mol. The zero-order chi connectivity index (χ0) is 19.8. The van der Waals surface area contributed by atoms with Crippen LogP contribution in [-0.2, 0) is 4.79 Å². The molecule has 6 heteroatoms. The van der Waals surface area contributed by atoms with Crippen molar-refractivity contribution in [3.05, 3.63) is 60.7 Å². The van der Waals surface area contributed by atoms with E-state index < -0.39 is 0 Å². The molecule has 0 aliphatic rings. The van der Waals surface area contributed by atoms with Gasteiger partial charge in [0.05, 0.1) is 5.69 Å². The predicted octanol–water partition coefficient (Wildman–Crippen LogP) is 5.06. The molecule has 3 rings (SSSR count). The molecule has 3 N–H and O–H groups in total. The van der Waals surface area contributed by atoms with Crippen molar-refractivity contribution in [2.45, 2.75) is 26.7 Å². The minimum Gasteiger partial charge on any atom is -0.354 e. The van der Waals surface area contributed by atoms with Crippen LogP contribution in [-0.4, -0.2) is 22.4 Å². The highest BCUT2D eigenvalue weighted by atomic mass is 16.1. The van der Waals surface area contributed by atoms with Crippen LogP contribution in [0, 0.1) is 0 Å². The van der Waals surface area contributed by atoms with Crippen molar-refractivity contribution in [2.75, 3.05) is 22.5 Å². The lowest BCUT2D eigenvalue weighted by Crippen LogP contribution is -2.08. The molecule has 6 nitrogen and oxygen atoms in total. The molecule has 28 heavy (non-hydrogen) atoms. The van der Waals surface area contributed by atoms with Gasteiger partial charge in [-0.3, -0.25) is 4.79 Å². The van der Waals surface area contributed by atoms with Crippen LogP contribution in [0.4, 0.5) is 23.1 Å². The zero-order valence-corrected chi connectivity index (χ0v) is 16.2. The van der Waals surface area contributed by atoms with E-state index in [0.717, 1.165) is 42.0 Å². The van der Waals surface area contributed by atoms with E-state index in [4.69, 9.17) is 0 Å². The van der Waals surface area contributed by atoms with E-state index in [2.05, 4.69) is 32.8 Å². The number of amides is 1. The van der Waals surface area contributed by atoms with E-state index in [9.17, 15) is 4.79 Å². The molecule has 1 heterocycles. The van der Waals surface area contributed by atoms with Gasteiger partial charge in [-0.2, -0.15) is 4.98 Å². The highest BCUT2D eigenvalue weighted by Gasteiger charge is 2.08. The first-order valence-electron chi connectivity index (χ1n) is 9.47. The van der Waals surface area contributed by atoms with Gasteiger partial charge in [0.25, 0.3) is 0 Å². The lowest BCUT2D eigenvalue weighted by molar-refractivity contribution is -0.114. The number of unbranched alkanes of at least 4 members (excludes halogenated alkanes) is 1. The summed E-state index contributed by atoms with van der Waals surface area (Å²) >= 11 is 0. The summed E-state index contributed by atoms with van der Waals surface area (Å²) < 4.78 is 0. The first-order valence-corrected chi connectivity index (χ1v) is 9.47. The highest BCUT2D eigenvalue weighted by Crippen LogP contribution is 2.24. The van der Waals surface area contributed by atoms with Gasteiger partial charge in [-0.15, -0.1) is 0 Å². The molecule has 144 valence electrons. The number of hydrogen-bond acceptors (Lipinski definition) is 5. The summed E-state index contributed by atoms with van der Waals surface area (Å²) in [5.74, 6) is 1.18. The molecule has 1 amide bonds. The number of aromatic nitrogens is 2. The molecule has 0 spiro atoms. The summed E-state index contributed by atoms with van der Waals surface area (Å²) in [4.78, 5) is 20.5. The topological polar surface area (TPSA) is 78.9 Å². The van der Waals surface area contributed by atoms with E-state index in [1.54, 1.807) is 0 Å². The van der Waals surface area contributed by atoms with Crippen LogP contribution in [0.25, 0.3) is 11.3 Å². The minimum absolute atomic E-state index is 0.104. The van der Waals surface area contributed by atoms with Crippen molar-refractivity contribution in [2.24, 2.45) is 0 Å². The first-order chi connectivity index (χ1) is 13.6. The number of benzene rings is 2. The molecule has 0 bridgehead atoms. The summed E-state index contributed by atoms with van der Waals surface area (Å²) in [6.45, 7) is 4.47. The van der Waals surface area contributed by atoms with Gasteiger partial charge in [0.2, 0.25) is 11.9 Å². The van der Waals surface area contributed by atoms with Crippen molar-refractivity contribution < 1.29 is 4.79 Å². The SMILES string of the molecule is CCCCNc1nc(Nc2cccc(NC(C)=O)c2)cc(-c2ccccc2)n1. The van der Waals surface area contributed by atoms with Crippen molar-refractivity contribution >= 4 is 29.0 Å². The van der Waals surface area contributed by atoms with Crippen LogP contribution in [0.5, 0.6) is 0 Å². The third-order valence-electron chi connectivity index (χ3n) is 4.06. The molecule has 0 atom stereocenters. The zero-order valence-electron chi connectivity index (χ0n) is 16.2. The second-order valence-electron chi connectivity index (χ2n) is 6.50. The Hall–Kier alpha value is -3.41. The smallest absolute Gasteiger partial charge is 0.225 e. The highest BCUT2D eigenvalue weighted by molar-refractivity contribution is 5.89. The quantitative estimate of drug-likeness (QED) is 0.480. The summed E-state index contributed by atoms with van der Waals surface area (Å²) in [5, 5.41) is 9.41. The molecule has 1 aromatic heterocycles. The fourth-order valence-electron chi connectivity index (χ4n) is 2.75. The Labute approximate surface area is 165 Å². The Morgan fingerprint density at radius 2 is 1.75 bits per heavy atom. The maximum absolute atomic E-state index is 11.3. The van der Waals surface area contributed by atoms with Gasteiger partial charge >= 0.3 is 0 Å². The van der Waals surface area contributed by atoms with Crippen LogP contribution >= 0.6 is 0 Å². The van der Waals surface area contributed by atoms with E-state index in [-0.39, 0.29) is 5.91 Å². The minimum atomic E-state index is -0.104. The Bertz CT molecular complexity index is 927. The number of nitrogens with zero attached hydrogens (tertiary/aromatic N) is 2. The molecule has 3 aromatic rings. The summed E-state index contributed by atoms with van der Waals surface area (Å²) in [6.07, 6.45) is 2.16. The number of anilines is 4. The average molecular weight is 375 g/mol. The second kappa shape index (κ2) is 9.50. The number of nitrogens with one attached hydrogen (secondary N) is 3.